The van der Waals surface area contributed by atoms with Gasteiger partial charge in [-0.2, -0.15) is 0 Å². The summed E-state index contributed by atoms with van der Waals surface area (Å²) in [4.78, 5) is 1.44. The highest BCUT2D eigenvalue weighted by Gasteiger charge is 2.17. The molecule has 4 nitrogen and oxygen atoms in total. The number of hydrogen-bond donors (Lipinski definition) is 3. The van der Waals surface area contributed by atoms with E-state index in [1.807, 2.05) is 30.3 Å². The van der Waals surface area contributed by atoms with Gasteiger partial charge in [-0.3, -0.25) is 0 Å². The average molecular weight is 318 g/mol. The lowest BCUT2D eigenvalue weighted by Gasteiger charge is -2.19. The third-order valence-corrected chi connectivity index (χ3v) is 3.64. The number of hydrogen-bond acceptors (Lipinski definition) is 2. The first kappa shape index (κ1) is 16.5. The minimum Gasteiger partial charge on any atom is -0.467 e. The van der Waals surface area contributed by atoms with Gasteiger partial charge in [0.2, 0.25) is 0 Å². The van der Waals surface area contributed by atoms with Crippen LogP contribution in [0.2, 0.25) is 0 Å². The summed E-state index contributed by atoms with van der Waals surface area (Å²) in [5, 5.41) is 7.26. The molecule has 118 valence electrons. The lowest BCUT2D eigenvalue weighted by molar-refractivity contribution is -0.858. The van der Waals surface area contributed by atoms with E-state index in [1.54, 1.807) is 6.26 Å². The molecule has 1 aromatic heterocycles. The first-order valence-electron chi connectivity index (χ1n) is 7.58. The van der Waals surface area contributed by atoms with Crippen LogP contribution in [0.25, 0.3) is 0 Å². The number of furan rings is 1. The summed E-state index contributed by atoms with van der Waals surface area (Å²) in [6, 6.07) is 14.0. The van der Waals surface area contributed by atoms with Gasteiger partial charge in [0.15, 0.2) is 5.11 Å². The van der Waals surface area contributed by atoms with E-state index in [9.17, 15) is 0 Å². The molecule has 3 N–H and O–H groups in total. The van der Waals surface area contributed by atoms with Crippen LogP contribution in [0.1, 0.15) is 23.8 Å². The Hall–Kier alpha value is -1.85. The van der Waals surface area contributed by atoms with Crippen LogP contribution < -0.4 is 15.5 Å². The quantitative estimate of drug-likeness (QED) is 0.533. The Bertz CT molecular complexity index is 555. The van der Waals surface area contributed by atoms with E-state index in [0.29, 0.717) is 5.11 Å². The fourth-order valence-corrected chi connectivity index (χ4v) is 2.47. The van der Waals surface area contributed by atoms with Crippen LogP contribution >= 0.6 is 12.2 Å². The van der Waals surface area contributed by atoms with Gasteiger partial charge in [0.1, 0.15) is 11.8 Å². The molecule has 0 spiro atoms. The summed E-state index contributed by atoms with van der Waals surface area (Å²) < 4.78 is 5.55. The first-order valence-corrected chi connectivity index (χ1v) is 7.99. The molecule has 2 rings (SSSR count). The maximum atomic E-state index is 5.55. The van der Waals surface area contributed by atoms with Crippen molar-refractivity contribution in [2.24, 2.45) is 0 Å². The fraction of sp³-hybridized carbons (Fsp3) is 0.353. The van der Waals surface area contributed by atoms with E-state index in [0.717, 1.165) is 30.8 Å². The molecule has 0 aliphatic rings. The van der Waals surface area contributed by atoms with Gasteiger partial charge in [-0.1, -0.05) is 30.3 Å². The summed E-state index contributed by atoms with van der Waals surface area (Å²) in [5.74, 6) is 0.855. The summed E-state index contributed by atoms with van der Waals surface area (Å²) in [6.45, 7) is 1.99. The van der Waals surface area contributed by atoms with Crippen LogP contribution in [-0.2, 0) is 0 Å². The van der Waals surface area contributed by atoms with Gasteiger partial charge in [0.25, 0.3) is 0 Å². The second kappa shape index (κ2) is 8.56. The van der Waals surface area contributed by atoms with E-state index in [1.165, 1.54) is 4.90 Å². The van der Waals surface area contributed by atoms with Gasteiger partial charge >= 0.3 is 0 Å². The minimum absolute atomic E-state index is 0.0735. The number of thiocarbonyl (C=S) groups is 1. The van der Waals surface area contributed by atoms with Crippen molar-refractivity contribution in [3.05, 3.63) is 60.1 Å². The van der Waals surface area contributed by atoms with E-state index in [4.69, 9.17) is 16.6 Å². The highest BCUT2D eigenvalue weighted by molar-refractivity contribution is 7.80. The molecule has 1 aromatic carbocycles. The van der Waals surface area contributed by atoms with E-state index in [-0.39, 0.29) is 6.04 Å². The Morgan fingerprint density at radius 3 is 2.59 bits per heavy atom. The molecule has 0 saturated heterocycles. The minimum atomic E-state index is -0.0735. The van der Waals surface area contributed by atoms with Crippen LogP contribution in [0.3, 0.4) is 0 Å². The monoisotopic (exact) mass is 318 g/mol. The van der Waals surface area contributed by atoms with Gasteiger partial charge in [-0.15, -0.1) is 0 Å². The molecular weight excluding hydrogens is 294 g/mol. The standard InChI is InChI=1S/C17H23N3OS/c1-20(2)12-7-11-18-17(22)19-16(15-10-6-13-21-15)14-8-4-3-5-9-14/h3-6,8-10,13,16H,7,11-12H2,1-2H3,(H2,18,19,22)/p+1/t16-/m1/s1. The van der Waals surface area contributed by atoms with Crippen molar-refractivity contribution < 1.29 is 9.32 Å². The van der Waals surface area contributed by atoms with Gasteiger partial charge in [0.05, 0.1) is 26.9 Å². The number of rotatable bonds is 7. The zero-order valence-electron chi connectivity index (χ0n) is 13.1. The van der Waals surface area contributed by atoms with Crippen molar-refractivity contribution in [2.75, 3.05) is 27.2 Å². The Balaban J connectivity index is 1.94. The third kappa shape index (κ3) is 5.16. The average Bonchev–Trinajstić information content (AvgIpc) is 3.04. The molecular formula is C17H24N3OS+. The normalized spacial score (nSPS) is 12.1. The van der Waals surface area contributed by atoms with Crippen molar-refractivity contribution in [2.45, 2.75) is 12.5 Å². The predicted octanol–water partition coefficient (Wildman–Crippen LogP) is 1.37. The van der Waals surface area contributed by atoms with Crippen LogP contribution in [-0.4, -0.2) is 32.3 Å². The maximum Gasteiger partial charge on any atom is 0.167 e. The van der Waals surface area contributed by atoms with E-state index < -0.39 is 0 Å². The molecule has 22 heavy (non-hydrogen) atoms. The highest BCUT2D eigenvalue weighted by atomic mass is 32.1. The zero-order chi connectivity index (χ0) is 15.8. The molecule has 1 atom stereocenters. The molecule has 0 fully saturated rings. The van der Waals surface area contributed by atoms with Gasteiger partial charge in [-0.05, 0) is 29.9 Å². The molecule has 1 heterocycles. The second-order valence-electron chi connectivity index (χ2n) is 5.57. The fourth-order valence-electron chi connectivity index (χ4n) is 2.25. The Morgan fingerprint density at radius 2 is 1.95 bits per heavy atom. The van der Waals surface area contributed by atoms with Crippen LogP contribution in [0.5, 0.6) is 0 Å². The zero-order valence-corrected chi connectivity index (χ0v) is 14.0. The molecule has 0 amide bonds. The summed E-state index contributed by atoms with van der Waals surface area (Å²) in [6.07, 6.45) is 2.77. The lowest BCUT2D eigenvalue weighted by Crippen LogP contribution is -3.05. The van der Waals surface area contributed by atoms with Gasteiger partial charge in [0, 0.05) is 13.0 Å². The van der Waals surface area contributed by atoms with Gasteiger partial charge < -0.3 is 20.0 Å². The number of nitrogens with one attached hydrogen (secondary N) is 3. The van der Waals surface area contributed by atoms with Crippen molar-refractivity contribution in [3.8, 4) is 0 Å². The molecule has 0 radical (unpaired) electrons. The maximum absolute atomic E-state index is 5.55. The van der Waals surface area contributed by atoms with Gasteiger partial charge in [-0.25, -0.2) is 0 Å². The first-order chi connectivity index (χ1) is 10.7. The van der Waals surface area contributed by atoms with E-state index >= 15 is 0 Å². The molecule has 0 aliphatic heterocycles. The van der Waals surface area contributed by atoms with Crippen molar-refractivity contribution in [1.82, 2.24) is 10.6 Å². The van der Waals surface area contributed by atoms with Crippen LogP contribution in [0.4, 0.5) is 0 Å². The third-order valence-electron chi connectivity index (χ3n) is 3.38. The number of benzene rings is 1. The van der Waals surface area contributed by atoms with Crippen LogP contribution in [0, 0.1) is 0 Å². The Kier molecular flexibility index (Phi) is 6.43. The largest absolute Gasteiger partial charge is 0.467 e. The highest BCUT2D eigenvalue weighted by Crippen LogP contribution is 2.22. The molecule has 0 unspecified atom stereocenters. The van der Waals surface area contributed by atoms with Crippen molar-refractivity contribution in [3.63, 3.8) is 0 Å². The summed E-state index contributed by atoms with van der Waals surface area (Å²) >= 11 is 5.41. The van der Waals surface area contributed by atoms with Crippen LogP contribution in [0.15, 0.2) is 53.1 Å². The summed E-state index contributed by atoms with van der Waals surface area (Å²) in [5.41, 5.74) is 1.12. The molecule has 5 heteroatoms. The molecule has 0 aliphatic carbocycles. The van der Waals surface area contributed by atoms with E-state index in [2.05, 4.69) is 36.9 Å². The topological polar surface area (TPSA) is 41.6 Å². The van der Waals surface area contributed by atoms with Crippen molar-refractivity contribution >= 4 is 17.3 Å². The molecule has 0 saturated carbocycles. The number of quaternary nitrogens is 1. The summed E-state index contributed by atoms with van der Waals surface area (Å²) in [7, 11) is 4.30. The molecule has 2 aromatic rings. The Labute approximate surface area is 137 Å². The lowest BCUT2D eigenvalue weighted by atomic mass is 10.1. The van der Waals surface area contributed by atoms with Crippen molar-refractivity contribution in [1.29, 1.82) is 0 Å². The SMILES string of the molecule is C[NH+](C)CCCNC(=S)N[C@H](c1ccccc1)c1ccco1. The molecule has 0 bridgehead atoms. The second-order valence-corrected chi connectivity index (χ2v) is 5.98. The predicted molar refractivity (Wildman–Crippen MR) is 93.0 cm³/mol. The smallest absolute Gasteiger partial charge is 0.167 e. The Morgan fingerprint density at radius 1 is 1.18 bits per heavy atom.